The van der Waals surface area contributed by atoms with Crippen LogP contribution in [0.1, 0.15) is 50.5 Å². The zero-order valence-corrected chi connectivity index (χ0v) is 15.2. The predicted octanol–water partition coefficient (Wildman–Crippen LogP) is 4.71. The molecule has 0 amide bonds. The number of halogens is 1. The van der Waals surface area contributed by atoms with E-state index in [2.05, 4.69) is 58.3 Å². The van der Waals surface area contributed by atoms with E-state index in [0.717, 1.165) is 12.0 Å². The van der Waals surface area contributed by atoms with E-state index in [0.29, 0.717) is 6.04 Å². The Kier molecular flexibility index (Phi) is 5.43. The van der Waals surface area contributed by atoms with E-state index in [-0.39, 0.29) is 0 Å². The Balaban J connectivity index is 1.69. The second-order valence-corrected chi connectivity index (χ2v) is 7.88. The van der Waals surface area contributed by atoms with Crippen molar-refractivity contribution in [1.82, 2.24) is 5.32 Å². The summed E-state index contributed by atoms with van der Waals surface area (Å²) in [5.41, 5.74) is 2.67. The lowest BCUT2D eigenvalue weighted by Crippen LogP contribution is -2.48. The minimum atomic E-state index is 0.646. The molecule has 0 radical (unpaired) electrons. The molecule has 1 aromatic carbocycles. The summed E-state index contributed by atoms with van der Waals surface area (Å²) in [7, 11) is 0. The lowest BCUT2D eigenvalue weighted by molar-refractivity contribution is 0.217. The van der Waals surface area contributed by atoms with Crippen molar-refractivity contribution in [2.75, 3.05) is 11.9 Å². The first kappa shape index (κ1) is 15.6. The van der Waals surface area contributed by atoms with Gasteiger partial charge in [-0.3, -0.25) is 0 Å². The predicted molar refractivity (Wildman–Crippen MR) is 98.9 cm³/mol. The van der Waals surface area contributed by atoms with Crippen LogP contribution in [0, 0.1) is 16.4 Å². The lowest BCUT2D eigenvalue weighted by Gasteiger charge is -2.40. The van der Waals surface area contributed by atoms with Crippen LogP contribution in [0.2, 0.25) is 0 Å². The van der Waals surface area contributed by atoms with Crippen molar-refractivity contribution in [2.45, 2.75) is 64.0 Å². The summed E-state index contributed by atoms with van der Waals surface area (Å²) in [6.45, 7) is 3.40. The van der Waals surface area contributed by atoms with Gasteiger partial charge in [0.2, 0.25) is 0 Å². The lowest BCUT2D eigenvalue weighted by atomic mass is 9.77. The average molecular weight is 398 g/mol. The summed E-state index contributed by atoms with van der Waals surface area (Å²) in [4.78, 5) is 0. The molecule has 1 aliphatic heterocycles. The first-order valence-corrected chi connectivity index (χ1v) is 9.58. The molecular formula is C18H27IN2. The molecule has 0 aromatic heterocycles. The standard InChI is InChI=1S/C18H27IN2/c1-13-9-10-14(12-16(13)19)21-18-8-3-2-6-15(18)17-7-4-5-11-20-17/h9-10,12,15,17-18,20-21H,2-8,11H2,1H3. The van der Waals surface area contributed by atoms with E-state index in [1.165, 1.54) is 66.3 Å². The van der Waals surface area contributed by atoms with Gasteiger partial charge in [-0.25, -0.2) is 0 Å². The van der Waals surface area contributed by atoms with Crippen LogP contribution in [0.15, 0.2) is 18.2 Å². The highest BCUT2D eigenvalue weighted by Crippen LogP contribution is 2.32. The van der Waals surface area contributed by atoms with Gasteiger partial charge in [0.1, 0.15) is 0 Å². The Labute approximate surface area is 142 Å². The molecule has 21 heavy (non-hydrogen) atoms. The number of hydrogen-bond donors (Lipinski definition) is 2. The van der Waals surface area contributed by atoms with E-state index in [9.17, 15) is 0 Å². The summed E-state index contributed by atoms with van der Waals surface area (Å²) < 4.78 is 1.36. The summed E-state index contributed by atoms with van der Waals surface area (Å²) in [6.07, 6.45) is 9.64. The second-order valence-electron chi connectivity index (χ2n) is 6.72. The number of piperidine rings is 1. The number of hydrogen-bond acceptors (Lipinski definition) is 2. The highest BCUT2D eigenvalue weighted by Gasteiger charge is 2.32. The fourth-order valence-electron chi connectivity index (χ4n) is 3.96. The van der Waals surface area contributed by atoms with Crippen LogP contribution < -0.4 is 10.6 Å². The second kappa shape index (κ2) is 7.32. The SMILES string of the molecule is Cc1ccc(NC2CCCCC2C2CCCCN2)cc1I. The molecule has 1 aliphatic carbocycles. The van der Waals surface area contributed by atoms with Gasteiger partial charge in [0.25, 0.3) is 0 Å². The molecule has 116 valence electrons. The van der Waals surface area contributed by atoms with Gasteiger partial charge in [-0.15, -0.1) is 0 Å². The maximum Gasteiger partial charge on any atom is 0.0353 e. The van der Waals surface area contributed by atoms with Gasteiger partial charge in [0.05, 0.1) is 0 Å². The molecule has 0 bridgehead atoms. The fraction of sp³-hybridized carbons (Fsp3) is 0.667. The van der Waals surface area contributed by atoms with Crippen LogP contribution in [0.4, 0.5) is 5.69 Å². The summed E-state index contributed by atoms with van der Waals surface area (Å²) in [6, 6.07) is 8.17. The van der Waals surface area contributed by atoms with Crippen molar-refractivity contribution < 1.29 is 0 Å². The number of nitrogens with one attached hydrogen (secondary N) is 2. The van der Waals surface area contributed by atoms with Crippen molar-refractivity contribution in [3.05, 3.63) is 27.3 Å². The Morgan fingerprint density at radius 3 is 2.67 bits per heavy atom. The first-order chi connectivity index (χ1) is 10.2. The highest BCUT2D eigenvalue weighted by molar-refractivity contribution is 14.1. The topological polar surface area (TPSA) is 24.1 Å². The number of rotatable bonds is 3. The van der Waals surface area contributed by atoms with E-state index >= 15 is 0 Å². The monoisotopic (exact) mass is 398 g/mol. The zero-order valence-electron chi connectivity index (χ0n) is 13.0. The third kappa shape index (κ3) is 3.92. The Bertz CT molecular complexity index is 468. The van der Waals surface area contributed by atoms with Crippen molar-refractivity contribution in [2.24, 2.45) is 5.92 Å². The number of aryl methyl sites for hydroxylation is 1. The van der Waals surface area contributed by atoms with Crippen molar-refractivity contribution in [3.8, 4) is 0 Å². The molecule has 1 saturated heterocycles. The Hall–Kier alpha value is -0.290. The number of benzene rings is 1. The minimum Gasteiger partial charge on any atom is -0.382 e. The van der Waals surface area contributed by atoms with Crippen LogP contribution in [0.3, 0.4) is 0 Å². The van der Waals surface area contributed by atoms with Crippen LogP contribution in [-0.2, 0) is 0 Å². The first-order valence-electron chi connectivity index (χ1n) is 8.50. The molecule has 1 aromatic rings. The molecule has 3 rings (SSSR count). The van der Waals surface area contributed by atoms with Crippen LogP contribution in [0.25, 0.3) is 0 Å². The van der Waals surface area contributed by atoms with Gasteiger partial charge in [0.15, 0.2) is 0 Å². The Morgan fingerprint density at radius 2 is 1.90 bits per heavy atom. The van der Waals surface area contributed by atoms with Crippen LogP contribution >= 0.6 is 22.6 Å². The number of anilines is 1. The Morgan fingerprint density at radius 1 is 1.10 bits per heavy atom. The molecule has 1 heterocycles. The molecular weight excluding hydrogens is 371 g/mol. The molecule has 0 spiro atoms. The third-order valence-corrected chi connectivity index (χ3v) is 6.37. The molecule has 3 unspecified atom stereocenters. The third-order valence-electron chi connectivity index (χ3n) is 5.21. The maximum atomic E-state index is 3.85. The van der Waals surface area contributed by atoms with Crippen LogP contribution in [0.5, 0.6) is 0 Å². The smallest absolute Gasteiger partial charge is 0.0353 e. The fourth-order valence-corrected chi connectivity index (χ4v) is 4.48. The molecule has 3 heteroatoms. The normalized spacial score (nSPS) is 30.1. The highest BCUT2D eigenvalue weighted by atomic mass is 127. The molecule has 2 aliphatic rings. The molecule has 2 nitrogen and oxygen atoms in total. The van der Waals surface area contributed by atoms with Crippen molar-refractivity contribution in [3.63, 3.8) is 0 Å². The van der Waals surface area contributed by atoms with E-state index < -0.39 is 0 Å². The van der Waals surface area contributed by atoms with Gasteiger partial charge in [-0.1, -0.05) is 25.3 Å². The average Bonchev–Trinajstić information content (AvgIpc) is 2.52. The quantitative estimate of drug-likeness (QED) is 0.721. The van der Waals surface area contributed by atoms with Crippen molar-refractivity contribution in [1.29, 1.82) is 0 Å². The summed E-state index contributed by atoms with van der Waals surface area (Å²) in [5, 5.41) is 7.64. The van der Waals surface area contributed by atoms with Gasteiger partial charge in [-0.05, 0) is 85.4 Å². The van der Waals surface area contributed by atoms with Gasteiger partial charge < -0.3 is 10.6 Å². The van der Waals surface area contributed by atoms with Gasteiger partial charge >= 0.3 is 0 Å². The summed E-state index contributed by atoms with van der Waals surface area (Å²) >= 11 is 2.44. The van der Waals surface area contributed by atoms with Crippen molar-refractivity contribution >= 4 is 28.3 Å². The minimum absolute atomic E-state index is 0.646. The van der Waals surface area contributed by atoms with E-state index in [1.807, 2.05) is 0 Å². The summed E-state index contributed by atoms with van der Waals surface area (Å²) in [5.74, 6) is 0.804. The van der Waals surface area contributed by atoms with E-state index in [4.69, 9.17) is 0 Å². The maximum absolute atomic E-state index is 3.85. The molecule has 2 fully saturated rings. The van der Waals surface area contributed by atoms with Crippen LogP contribution in [-0.4, -0.2) is 18.6 Å². The van der Waals surface area contributed by atoms with Gasteiger partial charge in [-0.2, -0.15) is 0 Å². The largest absolute Gasteiger partial charge is 0.382 e. The molecule has 1 saturated carbocycles. The molecule has 3 atom stereocenters. The zero-order chi connectivity index (χ0) is 14.7. The molecule has 2 N–H and O–H groups in total. The van der Waals surface area contributed by atoms with Gasteiger partial charge in [0, 0.05) is 21.3 Å². The van der Waals surface area contributed by atoms with E-state index in [1.54, 1.807) is 0 Å².